The fourth-order valence-corrected chi connectivity index (χ4v) is 99.0. The summed E-state index contributed by atoms with van der Waals surface area (Å²) < 4.78 is 2.40. The standard InChI is InChI=1S/2C11H17.Fe/c2*1-2-3-4-5-8-11-9-6-7-10-11;/h2*6-7,9-10H,2-5,8H2,1H3;. The zero-order chi connectivity index (χ0) is 15.0. The maximum absolute atomic E-state index is 2.92. The van der Waals surface area contributed by atoms with Crippen LogP contribution in [0.4, 0.5) is 0 Å². The third-order valence-corrected chi connectivity index (χ3v) is 62.4. The van der Waals surface area contributed by atoms with E-state index in [1.54, 1.807) is 38.5 Å². The van der Waals surface area contributed by atoms with Gasteiger partial charge in [-0.3, -0.25) is 0 Å². The predicted molar refractivity (Wildman–Crippen MR) is 92.9 cm³/mol. The fourth-order valence-electron chi connectivity index (χ4n) is 20.5. The summed E-state index contributed by atoms with van der Waals surface area (Å²) in [7, 11) is 0. The first-order valence-electron chi connectivity index (χ1n) is 11.3. The van der Waals surface area contributed by atoms with Gasteiger partial charge in [-0.2, -0.15) is 0 Å². The van der Waals surface area contributed by atoms with Crippen LogP contribution in [-0.4, -0.2) is 0 Å². The van der Waals surface area contributed by atoms with Gasteiger partial charge in [-0.25, -0.2) is 0 Å². The summed E-state index contributed by atoms with van der Waals surface area (Å²) in [5.74, 6) is 0. The third-order valence-electron chi connectivity index (χ3n) is 18.2. The number of unbranched alkanes of at least 4 members (excludes halogenated alkanes) is 6. The topological polar surface area (TPSA) is 0 Å². The Hall–Kier alpha value is 0.519. The van der Waals surface area contributed by atoms with Gasteiger partial charge in [-0.1, -0.05) is 0 Å². The maximum atomic E-state index is 2.39. The number of hydrogen-bond acceptors (Lipinski definition) is 0. The van der Waals surface area contributed by atoms with Gasteiger partial charge in [0.2, 0.25) is 0 Å². The van der Waals surface area contributed by atoms with Crippen LogP contribution in [0.1, 0.15) is 78.1 Å². The van der Waals surface area contributed by atoms with Crippen molar-refractivity contribution in [2.24, 2.45) is 0 Å². The third kappa shape index (κ3) is 0.164. The quantitative estimate of drug-likeness (QED) is 0.275. The van der Waals surface area contributed by atoms with Crippen molar-refractivity contribution in [3.05, 3.63) is 0 Å². The summed E-state index contributed by atoms with van der Waals surface area (Å²) in [6.07, 6.45) is 15.9. The molecular formula is C22H34Fe. The summed E-state index contributed by atoms with van der Waals surface area (Å²) >= 11 is 0. The van der Waals surface area contributed by atoms with Gasteiger partial charge in [0.05, 0.1) is 0 Å². The van der Waals surface area contributed by atoms with Gasteiger partial charge in [-0.05, 0) is 0 Å². The molecule has 10 heterocycles. The molecule has 0 aliphatic carbocycles. The second-order valence-electron chi connectivity index (χ2n) is 13.7. The average molecular weight is 354 g/mol. The van der Waals surface area contributed by atoms with E-state index >= 15 is 0 Å². The zero-order valence-electron chi connectivity index (χ0n) is 15.0. The van der Waals surface area contributed by atoms with Crippen molar-refractivity contribution in [2.75, 3.05) is 0 Å². The van der Waals surface area contributed by atoms with Crippen LogP contribution in [0.25, 0.3) is 0 Å². The van der Waals surface area contributed by atoms with Gasteiger partial charge in [0.15, 0.2) is 0 Å². The van der Waals surface area contributed by atoms with Crippen molar-refractivity contribution >= 4 is 0 Å². The Kier molecular flexibility index (Phi) is 0.611. The minimum atomic E-state index is -2.92. The molecule has 10 fully saturated rings. The van der Waals surface area contributed by atoms with Crippen molar-refractivity contribution in [2.45, 2.75) is 125 Å². The van der Waals surface area contributed by atoms with E-state index in [1.807, 2.05) is 0 Å². The van der Waals surface area contributed by atoms with Crippen LogP contribution in [0.15, 0.2) is 0 Å². The van der Waals surface area contributed by atoms with Gasteiger partial charge < -0.3 is 0 Å². The SMILES string of the molecule is CCCCCC[C]12[CH]3[CH]4[CH]5[CH]1[Fe]45321678[CH]2[CH]1[CH]6[C]7(CCCCCC)[CH]28. The van der Waals surface area contributed by atoms with Gasteiger partial charge >= 0.3 is 132 Å². The van der Waals surface area contributed by atoms with Crippen LogP contribution >= 0.6 is 0 Å². The monoisotopic (exact) mass is 354 g/mol. The van der Waals surface area contributed by atoms with E-state index in [0.29, 0.717) is 0 Å². The van der Waals surface area contributed by atoms with Crippen molar-refractivity contribution in [3.63, 3.8) is 0 Å². The minimum absolute atomic E-state index is 1.20. The van der Waals surface area contributed by atoms with Crippen LogP contribution in [0.5, 0.6) is 0 Å². The van der Waals surface area contributed by atoms with Crippen LogP contribution in [0.2, 0.25) is 47.2 Å². The summed E-state index contributed by atoms with van der Waals surface area (Å²) in [5, 5.41) is 0. The van der Waals surface area contributed by atoms with Crippen LogP contribution in [-0.2, 0) is 6.51 Å². The van der Waals surface area contributed by atoms with E-state index in [4.69, 9.17) is 0 Å². The molecule has 0 aromatic rings. The summed E-state index contributed by atoms with van der Waals surface area (Å²) in [5.41, 5.74) is 0. The average Bonchev–Trinajstić information content (AvgIpc) is 3.50. The Balaban J connectivity index is 1.11. The molecule has 0 amide bonds. The second kappa shape index (κ2) is 1.25. The molecule has 10 rings (SSSR count). The molecular weight excluding hydrogens is 320 g/mol. The number of fused-ring (bicyclic) bond motifs is 10. The first-order valence-corrected chi connectivity index (χ1v) is 17.5. The number of hydrogen-bond donors (Lipinski definition) is 0. The van der Waals surface area contributed by atoms with E-state index in [9.17, 15) is 0 Å². The Morgan fingerprint density at radius 3 is 1.26 bits per heavy atom. The molecule has 0 aromatic heterocycles. The summed E-state index contributed by atoms with van der Waals surface area (Å²) in [6.45, 7) is 1.85. The fraction of sp³-hybridized carbons (Fsp3) is 1.00. The molecule has 8 unspecified atom stereocenters. The Labute approximate surface area is 131 Å². The molecule has 130 valence electrons. The molecule has 10 saturated heterocycles. The molecule has 10 aliphatic heterocycles. The summed E-state index contributed by atoms with van der Waals surface area (Å²) in [6, 6.07) is 0. The van der Waals surface area contributed by atoms with Gasteiger partial charge in [-0.15, -0.1) is 0 Å². The van der Waals surface area contributed by atoms with Gasteiger partial charge in [0.1, 0.15) is 0 Å². The molecule has 1 heteroatoms. The van der Waals surface area contributed by atoms with E-state index < -0.39 is 6.51 Å². The van der Waals surface area contributed by atoms with Crippen molar-refractivity contribution in [1.29, 1.82) is 0 Å². The zero-order valence-corrected chi connectivity index (χ0v) is 16.1. The van der Waals surface area contributed by atoms with Gasteiger partial charge in [0.25, 0.3) is 0 Å². The number of rotatable bonds is 10. The van der Waals surface area contributed by atoms with Crippen LogP contribution in [0, 0.1) is 0 Å². The molecule has 0 aromatic carbocycles. The predicted octanol–water partition coefficient (Wildman–Crippen LogP) is 8.06. The van der Waals surface area contributed by atoms with E-state index in [0.717, 1.165) is 0 Å². The molecule has 1 spiro atoms. The molecule has 0 N–H and O–H groups in total. The van der Waals surface area contributed by atoms with Crippen molar-refractivity contribution in [1.82, 2.24) is 0 Å². The molecule has 0 saturated carbocycles. The molecule has 10 aliphatic rings. The van der Waals surface area contributed by atoms with Crippen molar-refractivity contribution < 1.29 is 6.51 Å². The van der Waals surface area contributed by atoms with E-state index in [-0.39, 0.29) is 0 Å². The first kappa shape index (κ1) is 11.3. The molecule has 0 nitrogen and oxygen atoms in total. The Bertz CT molecular complexity index is 969. The van der Waals surface area contributed by atoms with Crippen LogP contribution < -0.4 is 0 Å². The second-order valence-corrected chi connectivity index (χ2v) is 37.1. The molecule has 0 radical (unpaired) electrons. The van der Waals surface area contributed by atoms with Crippen molar-refractivity contribution in [3.8, 4) is 0 Å². The Morgan fingerprint density at radius 2 is 0.957 bits per heavy atom. The molecule has 23 heavy (non-hydrogen) atoms. The normalized spacial score (nSPS) is 94.5. The Morgan fingerprint density at radius 1 is 0.565 bits per heavy atom. The molecule has 8 atom stereocenters. The molecule has 0 bridgehead atoms. The van der Waals surface area contributed by atoms with Gasteiger partial charge in [0, 0.05) is 0 Å². The van der Waals surface area contributed by atoms with E-state index in [2.05, 4.69) is 13.8 Å². The van der Waals surface area contributed by atoms with E-state index in [1.165, 1.54) is 72.8 Å². The first-order chi connectivity index (χ1) is 11.1. The van der Waals surface area contributed by atoms with Crippen LogP contribution in [0.3, 0.4) is 0 Å². The summed E-state index contributed by atoms with van der Waals surface area (Å²) in [4.78, 5) is 12.3.